The summed E-state index contributed by atoms with van der Waals surface area (Å²) in [5, 5.41) is 2.90. The summed E-state index contributed by atoms with van der Waals surface area (Å²) < 4.78 is 10.6. The second-order valence-corrected chi connectivity index (χ2v) is 6.80. The second kappa shape index (κ2) is 12.5. The van der Waals surface area contributed by atoms with Crippen molar-refractivity contribution in [3.05, 3.63) is 23.8 Å². The summed E-state index contributed by atoms with van der Waals surface area (Å²) in [6.45, 7) is 1.58. The smallest absolute Gasteiger partial charge is 0.223 e. The van der Waals surface area contributed by atoms with Gasteiger partial charge in [0.05, 0.1) is 14.2 Å². The molecule has 0 aliphatic carbocycles. The van der Waals surface area contributed by atoms with E-state index < -0.39 is 0 Å². The average molecular weight is 414 g/mol. The number of halogens is 1. The van der Waals surface area contributed by atoms with Crippen molar-refractivity contribution in [1.82, 2.24) is 10.2 Å². The number of carbonyl (C=O) groups is 2. The number of ether oxygens (including phenoxy) is 2. The van der Waals surface area contributed by atoms with Crippen LogP contribution in [-0.4, -0.2) is 56.6 Å². The van der Waals surface area contributed by atoms with E-state index in [1.54, 1.807) is 14.2 Å². The summed E-state index contributed by atoms with van der Waals surface area (Å²) in [5.74, 6) is 1.50. The number of rotatable bonds is 9. The summed E-state index contributed by atoms with van der Waals surface area (Å²) in [4.78, 5) is 26.4. The fourth-order valence-electron chi connectivity index (χ4n) is 3.40. The number of amides is 2. The maximum absolute atomic E-state index is 12.8. The quantitative estimate of drug-likeness (QED) is 0.644. The number of nitrogens with two attached hydrogens (primary N) is 1. The number of nitrogens with one attached hydrogen (secondary N) is 1. The first kappa shape index (κ1) is 24.0. The van der Waals surface area contributed by atoms with Crippen molar-refractivity contribution in [3.8, 4) is 11.5 Å². The van der Waals surface area contributed by atoms with Gasteiger partial charge in [-0.25, -0.2) is 0 Å². The Balaban J connectivity index is 0.00000392. The molecule has 0 saturated carbocycles. The number of benzene rings is 1. The summed E-state index contributed by atoms with van der Waals surface area (Å²) in [7, 11) is 3.22. The van der Waals surface area contributed by atoms with Crippen LogP contribution in [0.5, 0.6) is 11.5 Å². The zero-order chi connectivity index (χ0) is 19.6. The number of methoxy groups -OCH3 is 2. The first-order valence-corrected chi connectivity index (χ1v) is 9.55. The lowest BCUT2D eigenvalue weighted by Gasteiger charge is -2.36. The molecule has 7 nitrogen and oxygen atoms in total. The molecule has 1 fully saturated rings. The Labute approximate surface area is 173 Å². The van der Waals surface area contributed by atoms with Crippen LogP contribution in [0.25, 0.3) is 0 Å². The predicted octanol–water partition coefficient (Wildman–Crippen LogP) is 1.90. The maximum atomic E-state index is 12.8. The van der Waals surface area contributed by atoms with Crippen LogP contribution in [0, 0.1) is 0 Å². The first-order chi connectivity index (χ1) is 13.1. The zero-order valence-electron chi connectivity index (χ0n) is 16.7. The largest absolute Gasteiger partial charge is 0.497 e. The van der Waals surface area contributed by atoms with Gasteiger partial charge in [-0.05, 0) is 43.4 Å². The average Bonchev–Trinajstić information content (AvgIpc) is 2.70. The highest BCUT2D eigenvalue weighted by Gasteiger charge is 2.26. The molecule has 1 unspecified atom stereocenters. The van der Waals surface area contributed by atoms with E-state index in [0.29, 0.717) is 32.4 Å². The van der Waals surface area contributed by atoms with Gasteiger partial charge in [-0.1, -0.05) is 0 Å². The topological polar surface area (TPSA) is 93.9 Å². The van der Waals surface area contributed by atoms with Gasteiger partial charge in [-0.2, -0.15) is 0 Å². The van der Waals surface area contributed by atoms with Crippen LogP contribution >= 0.6 is 12.4 Å². The lowest BCUT2D eigenvalue weighted by molar-refractivity contribution is -0.135. The van der Waals surface area contributed by atoms with Crippen molar-refractivity contribution in [1.29, 1.82) is 0 Å². The van der Waals surface area contributed by atoms with Gasteiger partial charge in [-0.3, -0.25) is 9.59 Å². The molecule has 1 aromatic carbocycles. The van der Waals surface area contributed by atoms with Gasteiger partial charge in [0.2, 0.25) is 11.8 Å². The molecular formula is C20H32ClN3O4. The van der Waals surface area contributed by atoms with E-state index in [9.17, 15) is 9.59 Å². The summed E-state index contributed by atoms with van der Waals surface area (Å²) in [5.41, 5.74) is 6.41. The van der Waals surface area contributed by atoms with Crippen molar-refractivity contribution < 1.29 is 19.1 Å². The maximum Gasteiger partial charge on any atom is 0.223 e. The highest BCUT2D eigenvalue weighted by Crippen LogP contribution is 2.24. The highest BCUT2D eigenvalue weighted by molar-refractivity contribution is 5.85. The van der Waals surface area contributed by atoms with Crippen molar-refractivity contribution >= 4 is 24.2 Å². The van der Waals surface area contributed by atoms with Crippen LogP contribution in [0.2, 0.25) is 0 Å². The lowest BCUT2D eigenvalue weighted by Crippen LogP contribution is -2.49. The van der Waals surface area contributed by atoms with Crippen molar-refractivity contribution in [2.24, 2.45) is 5.73 Å². The minimum Gasteiger partial charge on any atom is -0.497 e. The van der Waals surface area contributed by atoms with Crippen LogP contribution in [0.3, 0.4) is 0 Å². The Hall–Kier alpha value is -1.99. The third-order valence-corrected chi connectivity index (χ3v) is 4.89. The van der Waals surface area contributed by atoms with E-state index in [2.05, 4.69) is 5.32 Å². The summed E-state index contributed by atoms with van der Waals surface area (Å²) in [6, 6.07) is 5.73. The molecule has 2 amide bonds. The number of nitrogens with zero attached hydrogens (tertiary/aromatic N) is 1. The Morgan fingerprint density at radius 1 is 1.14 bits per heavy atom. The standard InChI is InChI=1S/C20H31N3O4.ClH/c1-26-17-11-15(12-18(13-17)27-2)6-7-20(25)23-10-4-3-5-16(23)14-22-19(24)8-9-21;/h11-13,16H,3-10,14,21H2,1-2H3,(H,22,24);1H. The minimum absolute atomic E-state index is 0. The van der Waals surface area contributed by atoms with Gasteiger partial charge in [0, 0.05) is 44.6 Å². The molecule has 1 heterocycles. The zero-order valence-corrected chi connectivity index (χ0v) is 17.6. The van der Waals surface area contributed by atoms with Crippen molar-refractivity contribution in [3.63, 3.8) is 0 Å². The van der Waals surface area contributed by atoms with Crippen molar-refractivity contribution in [2.45, 2.75) is 44.6 Å². The normalized spacial score (nSPS) is 16.1. The number of aryl methyl sites for hydroxylation is 1. The van der Waals surface area contributed by atoms with Crippen molar-refractivity contribution in [2.75, 3.05) is 33.9 Å². The summed E-state index contributed by atoms with van der Waals surface area (Å²) >= 11 is 0. The highest BCUT2D eigenvalue weighted by atomic mass is 35.5. The fourth-order valence-corrected chi connectivity index (χ4v) is 3.40. The first-order valence-electron chi connectivity index (χ1n) is 9.55. The van der Waals surface area contributed by atoms with Gasteiger partial charge in [0.15, 0.2) is 0 Å². The second-order valence-electron chi connectivity index (χ2n) is 6.80. The molecule has 0 radical (unpaired) electrons. The van der Waals surface area contributed by atoms with Gasteiger partial charge in [0.1, 0.15) is 11.5 Å². The van der Waals surface area contributed by atoms with Gasteiger partial charge in [0.25, 0.3) is 0 Å². The molecular weight excluding hydrogens is 382 g/mol. The molecule has 28 heavy (non-hydrogen) atoms. The molecule has 158 valence electrons. The predicted molar refractivity (Wildman–Crippen MR) is 111 cm³/mol. The summed E-state index contributed by atoms with van der Waals surface area (Å²) in [6.07, 6.45) is 4.36. The van der Waals surface area contributed by atoms with Crippen LogP contribution < -0.4 is 20.5 Å². The third kappa shape index (κ3) is 7.20. The monoisotopic (exact) mass is 413 g/mol. The van der Waals surface area contributed by atoms with Gasteiger partial charge >= 0.3 is 0 Å². The van der Waals surface area contributed by atoms with Crippen LogP contribution in [0.4, 0.5) is 0 Å². The van der Waals surface area contributed by atoms with E-state index in [0.717, 1.165) is 42.9 Å². The van der Waals surface area contributed by atoms with E-state index in [1.807, 2.05) is 23.1 Å². The molecule has 1 aliphatic heterocycles. The van der Waals surface area contributed by atoms with Gasteiger partial charge in [-0.15, -0.1) is 12.4 Å². The third-order valence-electron chi connectivity index (χ3n) is 4.89. The molecule has 8 heteroatoms. The Bertz CT molecular complexity index is 620. The number of piperidine rings is 1. The Morgan fingerprint density at radius 3 is 2.43 bits per heavy atom. The Morgan fingerprint density at radius 2 is 1.82 bits per heavy atom. The molecule has 1 saturated heterocycles. The molecule has 2 rings (SSSR count). The molecule has 0 spiro atoms. The molecule has 1 aliphatic rings. The molecule has 1 atom stereocenters. The van der Waals surface area contributed by atoms with E-state index in [1.165, 1.54) is 0 Å². The number of likely N-dealkylation sites (tertiary alicyclic amines) is 1. The van der Waals surface area contributed by atoms with Crippen LogP contribution in [-0.2, 0) is 16.0 Å². The fraction of sp³-hybridized carbons (Fsp3) is 0.600. The van der Waals surface area contributed by atoms with E-state index >= 15 is 0 Å². The molecule has 1 aromatic rings. The lowest BCUT2D eigenvalue weighted by atomic mass is 10.0. The minimum atomic E-state index is -0.0565. The van der Waals surface area contributed by atoms with E-state index in [-0.39, 0.29) is 30.3 Å². The molecule has 0 bridgehead atoms. The number of hydrogen-bond donors (Lipinski definition) is 2. The number of hydrogen-bond acceptors (Lipinski definition) is 5. The van der Waals surface area contributed by atoms with E-state index in [4.69, 9.17) is 15.2 Å². The molecule has 0 aromatic heterocycles. The Kier molecular flexibility index (Phi) is 10.7. The van der Waals surface area contributed by atoms with Crippen LogP contribution in [0.15, 0.2) is 18.2 Å². The van der Waals surface area contributed by atoms with Gasteiger partial charge < -0.3 is 25.4 Å². The molecule has 3 N–H and O–H groups in total. The van der Waals surface area contributed by atoms with Crippen LogP contribution in [0.1, 0.15) is 37.7 Å². The number of carbonyl (C=O) groups excluding carboxylic acids is 2. The SMILES string of the molecule is COc1cc(CCC(=O)N2CCCCC2CNC(=O)CCN)cc(OC)c1.Cl.